The van der Waals surface area contributed by atoms with E-state index in [1.807, 2.05) is 30.3 Å². The third-order valence-electron chi connectivity index (χ3n) is 4.60. The van der Waals surface area contributed by atoms with E-state index < -0.39 is 5.92 Å². The summed E-state index contributed by atoms with van der Waals surface area (Å²) in [5.74, 6) is -0.193. The Balaban J connectivity index is 1.99. The first kappa shape index (κ1) is 17.0. The smallest absolute Gasteiger partial charge is 0.275 e. The lowest BCUT2D eigenvalue weighted by Gasteiger charge is -2.25. The fourth-order valence-electron chi connectivity index (χ4n) is 3.39. The van der Waals surface area contributed by atoms with Crippen molar-refractivity contribution in [3.8, 4) is 17.5 Å². The number of halogens is 1. The number of para-hydroxylation sites is 1. The van der Waals surface area contributed by atoms with E-state index >= 15 is 0 Å². The van der Waals surface area contributed by atoms with Gasteiger partial charge in [0.1, 0.15) is 17.4 Å². The van der Waals surface area contributed by atoms with Gasteiger partial charge in [-0.3, -0.25) is 9.89 Å². The van der Waals surface area contributed by atoms with Crippen molar-refractivity contribution in [3.63, 3.8) is 0 Å². The van der Waals surface area contributed by atoms with Gasteiger partial charge < -0.3 is 10.5 Å². The Bertz CT molecular complexity index is 1170. The highest BCUT2D eigenvalue weighted by molar-refractivity contribution is 6.30. The number of ether oxygens (including phenoxy) is 1. The van der Waals surface area contributed by atoms with Crippen LogP contribution in [0.2, 0.25) is 5.02 Å². The lowest BCUT2D eigenvalue weighted by Crippen LogP contribution is -2.26. The zero-order valence-corrected chi connectivity index (χ0v) is 15.1. The lowest BCUT2D eigenvalue weighted by molar-refractivity contribution is 0.393. The standard InChI is InChI=1S/C20H15ClN4O2/c1-11-17(20(26)25(24-11)13-5-3-2-4-6-13)18-14-9-12(21)7-8-16(14)27-19(23)15(18)10-22/h2-9,18,24H,23H2,1H3. The van der Waals surface area contributed by atoms with E-state index in [0.717, 1.165) is 0 Å². The maximum Gasteiger partial charge on any atom is 0.275 e. The van der Waals surface area contributed by atoms with Gasteiger partial charge in [-0.2, -0.15) is 5.26 Å². The number of hydrogen-bond acceptors (Lipinski definition) is 4. The van der Waals surface area contributed by atoms with E-state index in [1.165, 1.54) is 4.68 Å². The molecule has 3 N–H and O–H groups in total. The molecule has 1 unspecified atom stereocenters. The number of hydrogen-bond donors (Lipinski definition) is 2. The minimum atomic E-state index is -0.661. The molecule has 0 fully saturated rings. The van der Waals surface area contributed by atoms with E-state index in [1.54, 1.807) is 25.1 Å². The number of rotatable bonds is 2. The number of allylic oxidation sites excluding steroid dienone is 1. The molecule has 27 heavy (non-hydrogen) atoms. The highest BCUT2D eigenvalue weighted by Gasteiger charge is 2.35. The van der Waals surface area contributed by atoms with Crippen molar-refractivity contribution in [3.05, 3.63) is 92.2 Å². The van der Waals surface area contributed by atoms with E-state index in [-0.39, 0.29) is 17.0 Å². The summed E-state index contributed by atoms with van der Waals surface area (Å²) in [6.07, 6.45) is 0. The Kier molecular flexibility index (Phi) is 4.02. The van der Waals surface area contributed by atoms with Crippen molar-refractivity contribution in [2.75, 3.05) is 0 Å². The highest BCUT2D eigenvalue weighted by Crippen LogP contribution is 2.42. The summed E-state index contributed by atoms with van der Waals surface area (Å²) in [6.45, 7) is 1.79. The monoisotopic (exact) mass is 378 g/mol. The minimum absolute atomic E-state index is 0.0106. The SMILES string of the molecule is Cc1[nH]n(-c2ccccc2)c(=O)c1C1C(C#N)=C(N)Oc2ccc(Cl)cc21. The molecular formula is C20H15ClN4O2. The summed E-state index contributed by atoms with van der Waals surface area (Å²) < 4.78 is 7.02. The molecule has 0 aliphatic carbocycles. The molecule has 6 nitrogen and oxygen atoms in total. The summed E-state index contributed by atoms with van der Waals surface area (Å²) in [7, 11) is 0. The first-order valence-corrected chi connectivity index (χ1v) is 8.63. The second-order valence-electron chi connectivity index (χ2n) is 6.23. The van der Waals surface area contributed by atoms with Gasteiger partial charge in [-0.15, -0.1) is 0 Å². The Morgan fingerprint density at radius 2 is 2.00 bits per heavy atom. The molecule has 0 radical (unpaired) electrons. The van der Waals surface area contributed by atoms with Gasteiger partial charge in [0.2, 0.25) is 5.88 Å². The fraction of sp³-hybridized carbons (Fsp3) is 0.100. The van der Waals surface area contributed by atoms with Crippen LogP contribution in [0.15, 0.2) is 64.8 Å². The normalized spacial score (nSPS) is 15.8. The van der Waals surface area contributed by atoms with Crippen LogP contribution in [-0.2, 0) is 0 Å². The third kappa shape index (κ3) is 2.69. The maximum absolute atomic E-state index is 13.2. The molecule has 1 aliphatic rings. The molecule has 134 valence electrons. The number of aromatic amines is 1. The Morgan fingerprint density at radius 1 is 1.26 bits per heavy atom. The van der Waals surface area contributed by atoms with Crippen molar-refractivity contribution in [1.82, 2.24) is 9.78 Å². The van der Waals surface area contributed by atoms with Gasteiger partial charge in [-0.25, -0.2) is 4.68 Å². The van der Waals surface area contributed by atoms with Crippen LogP contribution in [0.5, 0.6) is 5.75 Å². The molecule has 2 heterocycles. The largest absolute Gasteiger partial charge is 0.440 e. The predicted octanol–water partition coefficient (Wildman–Crippen LogP) is 3.35. The number of H-pyrrole nitrogens is 1. The summed E-state index contributed by atoms with van der Waals surface area (Å²) >= 11 is 6.16. The molecule has 3 aromatic rings. The van der Waals surface area contributed by atoms with Crippen molar-refractivity contribution in [2.24, 2.45) is 5.73 Å². The highest BCUT2D eigenvalue weighted by atomic mass is 35.5. The topological polar surface area (TPSA) is 96.8 Å². The summed E-state index contributed by atoms with van der Waals surface area (Å²) in [6, 6.07) is 16.4. The van der Waals surface area contributed by atoms with Crippen LogP contribution in [0.3, 0.4) is 0 Å². The summed E-state index contributed by atoms with van der Waals surface area (Å²) in [5, 5.41) is 13.2. The number of nitrogens with zero attached hydrogens (tertiary/aromatic N) is 2. The van der Waals surface area contributed by atoms with Crippen LogP contribution >= 0.6 is 11.6 Å². The quantitative estimate of drug-likeness (QED) is 0.714. The first-order valence-electron chi connectivity index (χ1n) is 8.25. The van der Waals surface area contributed by atoms with Crippen molar-refractivity contribution < 1.29 is 4.74 Å². The number of aromatic nitrogens is 2. The molecule has 0 spiro atoms. The van der Waals surface area contributed by atoms with Gasteiger partial charge in [0.15, 0.2) is 0 Å². The first-order chi connectivity index (χ1) is 13.0. The second-order valence-corrected chi connectivity index (χ2v) is 6.67. The molecule has 0 saturated carbocycles. The van der Waals surface area contributed by atoms with Gasteiger partial charge >= 0.3 is 0 Å². The fourth-order valence-corrected chi connectivity index (χ4v) is 3.57. The molecule has 1 aliphatic heterocycles. The maximum atomic E-state index is 13.2. The Hall–Kier alpha value is -3.43. The molecule has 1 atom stereocenters. The van der Waals surface area contributed by atoms with E-state index in [2.05, 4.69) is 11.2 Å². The number of nitrogens with one attached hydrogen (secondary N) is 1. The van der Waals surface area contributed by atoms with Gasteiger partial charge in [0, 0.05) is 16.3 Å². The molecular weight excluding hydrogens is 364 g/mol. The number of nitrogens with two attached hydrogens (primary N) is 1. The zero-order chi connectivity index (χ0) is 19.1. The zero-order valence-electron chi connectivity index (χ0n) is 14.4. The summed E-state index contributed by atoms with van der Waals surface area (Å²) in [5.41, 5.74) is 8.31. The van der Waals surface area contributed by atoms with E-state index in [4.69, 9.17) is 22.1 Å². The lowest BCUT2D eigenvalue weighted by atomic mass is 9.83. The Labute approximate surface area is 160 Å². The average Bonchev–Trinajstić information content (AvgIpc) is 2.96. The van der Waals surface area contributed by atoms with Crippen LogP contribution in [-0.4, -0.2) is 9.78 Å². The van der Waals surface area contributed by atoms with Crippen LogP contribution in [0.25, 0.3) is 5.69 Å². The second kappa shape index (κ2) is 6.38. The van der Waals surface area contributed by atoms with Crippen LogP contribution in [0, 0.1) is 18.3 Å². The number of benzene rings is 2. The molecule has 4 rings (SSSR count). The van der Waals surface area contributed by atoms with Gasteiger partial charge in [0.05, 0.1) is 17.2 Å². The third-order valence-corrected chi connectivity index (χ3v) is 4.83. The summed E-state index contributed by atoms with van der Waals surface area (Å²) in [4.78, 5) is 13.2. The van der Waals surface area contributed by atoms with Crippen LogP contribution in [0.4, 0.5) is 0 Å². The number of aryl methyl sites for hydroxylation is 1. The average molecular weight is 379 g/mol. The van der Waals surface area contributed by atoms with Crippen molar-refractivity contribution in [2.45, 2.75) is 12.8 Å². The predicted molar refractivity (Wildman–Crippen MR) is 102 cm³/mol. The molecule has 1 aromatic heterocycles. The van der Waals surface area contributed by atoms with Gasteiger partial charge in [-0.05, 0) is 37.3 Å². The van der Waals surface area contributed by atoms with E-state index in [0.29, 0.717) is 33.3 Å². The minimum Gasteiger partial charge on any atom is -0.440 e. The molecule has 0 bridgehead atoms. The molecule has 0 amide bonds. The van der Waals surface area contributed by atoms with Gasteiger partial charge in [-0.1, -0.05) is 29.8 Å². The molecule has 2 aromatic carbocycles. The van der Waals surface area contributed by atoms with Gasteiger partial charge in [0.25, 0.3) is 5.56 Å². The van der Waals surface area contributed by atoms with Crippen LogP contribution < -0.4 is 16.0 Å². The van der Waals surface area contributed by atoms with Crippen molar-refractivity contribution in [1.29, 1.82) is 5.26 Å². The van der Waals surface area contributed by atoms with Crippen molar-refractivity contribution >= 4 is 11.6 Å². The number of nitriles is 1. The molecule has 0 saturated heterocycles. The van der Waals surface area contributed by atoms with Crippen LogP contribution in [0.1, 0.15) is 22.7 Å². The Morgan fingerprint density at radius 3 is 2.70 bits per heavy atom. The van der Waals surface area contributed by atoms with E-state index in [9.17, 15) is 10.1 Å². The molecule has 7 heteroatoms. The number of fused-ring (bicyclic) bond motifs is 1.